The van der Waals surface area contributed by atoms with Crippen molar-refractivity contribution in [2.24, 2.45) is 0 Å². The van der Waals surface area contributed by atoms with Crippen LogP contribution in [0.25, 0.3) is 0 Å². The summed E-state index contributed by atoms with van der Waals surface area (Å²) in [7, 11) is 2.13. The second-order valence-electron chi connectivity index (χ2n) is 7.18. The minimum absolute atomic E-state index is 0.0689. The van der Waals surface area contributed by atoms with E-state index in [1.807, 2.05) is 12.1 Å². The van der Waals surface area contributed by atoms with Gasteiger partial charge in [0.2, 0.25) is 6.79 Å². The van der Waals surface area contributed by atoms with Gasteiger partial charge in [-0.15, -0.1) is 0 Å². The second kappa shape index (κ2) is 8.39. The summed E-state index contributed by atoms with van der Waals surface area (Å²) in [4.78, 5) is 17.3. The molecular formula is C21H24ClN3O3. The molecule has 2 aliphatic heterocycles. The van der Waals surface area contributed by atoms with Crippen molar-refractivity contribution in [3.8, 4) is 11.5 Å². The number of halogens is 1. The summed E-state index contributed by atoms with van der Waals surface area (Å²) >= 11 is 5.92. The van der Waals surface area contributed by atoms with E-state index in [1.54, 1.807) is 24.3 Å². The van der Waals surface area contributed by atoms with Crippen LogP contribution >= 0.6 is 11.6 Å². The third-order valence-electron chi connectivity index (χ3n) is 5.32. The number of rotatable bonds is 5. The fraction of sp³-hybridized carbons (Fsp3) is 0.381. The predicted molar refractivity (Wildman–Crippen MR) is 108 cm³/mol. The van der Waals surface area contributed by atoms with Crippen LogP contribution in [0.15, 0.2) is 42.5 Å². The van der Waals surface area contributed by atoms with E-state index in [1.165, 1.54) is 0 Å². The molecule has 0 saturated carbocycles. The monoisotopic (exact) mass is 401 g/mol. The summed E-state index contributed by atoms with van der Waals surface area (Å²) in [5, 5.41) is 3.70. The Morgan fingerprint density at radius 1 is 1.07 bits per heavy atom. The first-order valence-corrected chi connectivity index (χ1v) is 9.84. The Bertz CT molecular complexity index is 835. The third kappa shape index (κ3) is 4.24. The lowest BCUT2D eigenvalue weighted by atomic mass is 10.0. The van der Waals surface area contributed by atoms with Gasteiger partial charge in [0, 0.05) is 43.3 Å². The molecule has 1 atom stereocenters. The number of amides is 1. The van der Waals surface area contributed by atoms with E-state index in [2.05, 4.69) is 28.2 Å². The molecule has 2 aromatic rings. The molecule has 6 nitrogen and oxygen atoms in total. The average molecular weight is 402 g/mol. The van der Waals surface area contributed by atoms with Gasteiger partial charge in [0.25, 0.3) is 5.91 Å². The smallest absolute Gasteiger partial charge is 0.251 e. The van der Waals surface area contributed by atoms with E-state index in [-0.39, 0.29) is 18.7 Å². The Kier molecular flexibility index (Phi) is 5.71. The third-order valence-corrected chi connectivity index (χ3v) is 5.57. The standard InChI is InChI=1S/C21H24ClN3O3/c1-24-8-10-25(11-9-24)18(16-4-7-19-20(12-16)28-14-27-19)13-23-21(26)15-2-5-17(22)6-3-15/h2-7,12,18H,8-11,13-14H2,1H3,(H,23,26)/t18-/m0/s1. The van der Waals surface area contributed by atoms with Gasteiger partial charge in [-0.2, -0.15) is 0 Å². The van der Waals surface area contributed by atoms with Crippen molar-refractivity contribution in [2.75, 3.05) is 46.6 Å². The van der Waals surface area contributed by atoms with Crippen LogP contribution in [0.3, 0.4) is 0 Å². The highest BCUT2D eigenvalue weighted by Crippen LogP contribution is 2.35. The van der Waals surface area contributed by atoms with Crippen LogP contribution in [0.5, 0.6) is 11.5 Å². The zero-order chi connectivity index (χ0) is 19.5. The summed E-state index contributed by atoms with van der Waals surface area (Å²) in [6, 6.07) is 13.0. The van der Waals surface area contributed by atoms with E-state index in [9.17, 15) is 4.79 Å². The lowest BCUT2D eigenvalue weighted by molar-refractivity contribution is 0.0886. The molecule has 0 aliphatic carbocycles. The molecule has 1 saturated heterocycles. The largest absolute Gasteiger partial charge is 0.454 e. The van der Waals surface area contributed by atoms with Gasteiger partial charge in [-0.3, -0.25) is 9.69 Å². The number of nitrogens with one attached hydrogen (secondary N) is 1. The molecule has 1 N–H and O–H groups in total. The Labute approximate surface area is 170 Å². The van der Waals surface area contributed by atoms with Crippen LogP contribution in [0.4, 0.5) is 0 Å². The number of likely N-dealkylation sites (N-methyl/N-ethyl adjacent to an activating group) is 1. The summed E-state index contributed by atoms with van der Waals surface area (Å²) in [6.07, 6.45) is 0. The van der Waals surface area contributed by atoms with E-state index in [0.717, 1.165) is 43.2 Å². The van der Waals surface area contributed by atoms with Crippen molar-refractivity contribution in [2.45, 2.75) is 6.04 Å². The maximum Gasteiger partial charge on any atom is 0.251 e. The highest BCUT2D eigenvalue weighted by molar-refractivity contribution is 6.30. The highest BCUT2D eigenvalue weighted by Gasteiger charge is 2.26. The van der Waals surface area contributed by atoms with Gasteiger partial charge in [-0.1, -0.05) is 17.7 Å². The zero-order valence-corrected chi connectivity index (χ0v) is 16.6. The topological polar surface area (TPSA) is 54.0 Å². The van der Waals surface area contributed by atoms with Gasteiger partial charge in [0.15, 0.2) is 11.5 Å². The van der Waals surface area contributed by atoms with Crippen molar-refractivity contribution < 1.29 is 14.3 Å². The number of piperazine rings is 1. The first-order valence-electron chi connectivity index (χ1n) is 9.46. The maximum atomic E-state index is 12.6. The minimum atomic E-state index is -0.100. The van der Waals surface area contributed by atoms with Gasteiger partial charge in [0.1, 0.15) is 0 Å². The highest BCUT2D eigenvalue weighted by atomic mass is 35.5. The fourth-order valence-corrected chi connectivity index (χ4v) is 3.73. The molecular weight excluding hydrogens is 378 g/mol. The van der Waals surface area contributed by atoms with Gasteiger partial charge >= 0.3 is 0 Å². The molecule has 2 aliphatic rings. The Morgan fingerprint density at radius 2 is 1.79 bits per heavy atom. The SMILES string of the molecule is CN1CCN([C@@H](CNC(=O)c2ccc(Cl)cc2)c2ccc3c(c2)OCO3)CC1. The summed E-state index contributed by atoms with van der Waals surface area (Å²) < 4.78 is 11.0. The number of hydrogen-bond donors (Lipinski definition) is 1. The van der Waals surface area contributed by atoms with Gasteiger partial charge in [-0.25, -0.2) is 0 Å². The molecule has 1 amide bonds. The van der Waals surface area contributed by atoms with Gasteiger partial charge in [0.05, 0.1) is 6.04 Å². The van der Waals surface area contributed by atoms with Crippen LogP contribution in [-0.4, -0.2) is 62.3 Å². The molecule has 0 radical (unpaired) electrons. The molecule has 0 unspecified atom stereocenters. The van der Waals surface area contributed by atoms with Crippen LogP contribution < -0.4 is 14.8 Å². The molecule has 2 heterocycles. The number of hydrogen-bond acceptors (Lipinski definition) is 5. The number of carbonyl (C=O) groups is 1. The Balaban J connectivity index is 1.51. The number of nitrogens with zero attached hydrogens (tertiary/aromatic N) is 2. The van der Waals surface area contributed by atoms with Crippen LogP contribution in [0.2, 0.25) is 5.02 Å². The fourth-order valence-electron chi connectivity index (χ4n) is 3.60. The van der Waals surface area contributed by atoms with Crippen LogP contribution in [-0.2, 0) is 0 Å². The second-order valence-corrected chi connectivity index (χ2v) is 7.62. The lowest BCUT2D eigenvalue weighted by Crippen LogP contribution is -2.48. The van der Waals surface area contributed by atoms with Gasteiger partial charge in [-0.05, 0) is 49.0 Å². The van der Waals surface area contributed by atoms with E-state index in [4.69, 9.17) is 21.1 Å². The Hall–Kier alpha value is -2.28. The maximum absolute atomic E-state index is 12.6. The number of fused-ring (bicyclic) bond motifs is 1. The van der Waals surface area contributed by atoms with Crippen LogP contribution in [0.1, 0.15) is 22.0 Å². The quantitative estimate of drug-likeness (QED) is 0.835. The Morgan fingerprint density at radius 3 is 2.54 bits per heavy atom. The number of carbonyl (C=O) groups excluding carboxylic acids is 1. The molecule has 0 aromatic heterocycles. The molecule has 148 valence electrons. The molecule has 0 spiro atoms. The van der Waals surface area contributed by atoms with Crippen molar-refractivity contribution in [3.05, 3.63) is 58.6 Å². The normalized spacial score (nSPS) is 18.1. The molecule has 7 heteroatoms. The van der Waals surface area contributed by atoms with Crippen molar-refractivity contribution >= 4 is 17.5 Å². The summed E-state index contributed by atoms with van der Waals surface area (Å²) in [5.74, 6) is 1.43. The first kappa shape index (κ1) is 19.1. The van der Waals surface area contributed by atoms with Crippen molar-refractivity contribution in [1.29, 1.82) is 0 Å². The zero-order valence-electron chi connectivity index (χ0n) is 15.9. The van der Waals surface area contributed by atoms with E-state index in [0.29, 0.717) is 17.1 Å². The number of ether oxygens (including phenoxy) is 2. The van der Waals surface area contributed by atoms with Crippen molar-refractivity contribution in [3.63, 3.8) is 0 Å². The lowest BCUT2D eigenvalue weighted by Gasteiger charge is -2.38. The molecule has 28 heavy (non-hydrogen) atoms. The van der Waals surface area contributed by atoms with E-state index >= 15 is 0 Å². The average Bonchev–Trinajstić information content (AvgIpc) is 3.18. The molecule has 4 rings (SSSR count). The van der Waals surface area contributed by atoms with Gasteiger partial charge < -0.3 is 19.7 Å². The first-order chi connectivity index (χ1) is 13.6. The molecule has 0 bridgehead atoms. The number of benzene rings is 2. The van der Waals surface area contributed by atoms with Crippen molar-refractivity contribution in [1.82, 2.24) is 15.1 Å². The minimum Gasteiger partial charge on any atom is -0.454 e. The predicted octanol–water partition coefficient (Wildman–Crippen LogP) is 2.79. The van der Waals surface area contributed by atoms with Crippen LogP contribution in [0, 0.1) is 0 Å². The summed E-state index contributed by atoms with van der Waals surface area (Å²) in [6.45, 7) is 4.69. The molecule has 2 aromatic carbocycles. The molecule has 1 fully saturated rings. The summed E-state index contributed by atoms with van der Waals surface area (Å²) in [5.41, 5.74) is 1.72. The van der Waals surface area contributed by atoms with E-state index < -0.39 is 0 Å².